The molecule has 2 N–H and O–H groups in total. The highest BCUT2D eigenvalue weighted by molar-refractivity contribution is 7.73. The van der Waals surface area contributed by atoms with Gasteiger partial charge in [-0.05, 0) is 54.2 Å². The van der Waals surface area contributed by atoms with E-state index in [2.05, 4.69) is 15.5 Å². The number of carbonyl (C=O) groups excluding carboxylic acids is 1. The second kappa shape index (κ2) is 7.37. The van der Waals surface area contributed by atoms with Gasteiger partial charge in [0.2, 0.25) is 5.91 Å². The van der Waals surface area contributed by atoms with Crippen molar-refractivity contribution >= 4 is 35.1 Å². The number of anilines is 1. The number of carbonyl (C=O) groups is 1. The average Bonchev–Trinajstić information content (AvgIpc) is 3.02. The third kappa shape index (κ3) is 4.06. The molecule has 1 heterocycles. The summed E-state index contributed by atoms with van der Waals surface area (Å²) < 4.78 is 5.75. The summed E-state index contributed by atoms with van der Waals surface area (Å²) in [6.45, 7) is 0. The number of methoxy groups -OCH3 is 1. The molecule has 0 aliphatic heterocycles. The summed E-state index contributed by atoms with van der Waals surface area (Å²) in [7, 11) is 1.62. The highest BCUT2D eigenvalue weighted by Crippen LogP contribution is 2.23. The number of H-pyrrole nitrogens is 1. The van der Waals surface area contributed by atoms with Gasteiger partial charge in [-0.25, -0.2) is 0 Å². The fraction of sp³-hybridized carbons (Fsp3) is 0.118. The molecule has 0 fully saturated rings. The molecule has 0 saturated heterocycles. The normalized spacial score (nSPS) is 10.4. The lowest BCUT2D eigenvalue weighted by atomic mass is 10.1. The van der Waals surface area contributed by atoms with E-state index >= 15 is 0 Å². The molecule has 1 amide bonds. The van der Waals surface area contributed by atoms with Crippen molar-refractivity contribution in [1.29, 1.82) is 0 Å². The van der Waals surface area contributed by atoms with Gasteiger partial charge in [-0.15, -0.1) is 0 Å². The first kappa shape index (κ1) is 16.4. The highest BCUT2D eigenvalue weighted by atomic mass is 32.1. The van der Waals surface area contributed by atoms with E-state index in [1.165, 1.54) is 11.3 Å². The molecular formula is C17H15N3O2S2. The zero-order valence-electron chi connectivity index (χ0n) is 12.9. The lowest BCUT2D eigenvalue weighted by Crippen LogP contribution is -2.14. The van der Waals surface area contributed by atoms with Gasteiger partial charge in [0.1, 0.15) is 10.8 Å². The molecule has 3 aromatic rings. The molecule has 7 heteroatoms. The number of aromatic amines is 1. The van der Waals surface area contributed by atoms with Crippen LogP contribution in [0, 0.1) is 3.95 Å². The number of nitrogens with one attached hydrogen (secondary N) is 2. The molecule has 0 spiro atoms. The summed E-state index contributed by atoms with van der Waals surface area (Å²) >= 11 is 6.45. The predicted octanol–water partition coefficient (Wildman–Crippen LogP) is 4.06. The minimum atomic E-state index is -0.0663. The van der Waals surface area contributed by atoms with Crippen LogP contribution in [0.25, 0.3) is 10.6 Å². The molecule has 0 bridgehead atoms. The van der Waals surface area contributed by atoms with Crippen LogP contribution in [0.5, 0.6) is 5.75 Å². The lowest BCUT2D eigenvalue weighted by Gasteiger charge is -2.06. The summed E-state index contributed by atoms with van der Waals surface area (Å²) in [4.78, 5) is 12.1. The Hall–Kier alpha value is -2.51. The molecule has 0 aliphatic carbocycles. The second-order valence-corrected chi connectivity index (χ2v) is 6.73. The Morgan fingerprint density at radius 1 is 1.21 bits per heavy atom. The maximum atomic E-state index is 12.1. The highest BCUT2D eigenvalue weighted by Gasteiger charge is 2.06. The predicted molar refractivity (Wildman–Crippen MR) is 98.1 cm³/mol. The van der Waals surface area contributed by atoms with Crippen LogP contribution in [0.2, 0.25) is 0 Å². The van der Waals surface area contributed by atoms with E-state index in [1.807, 2.05) is 48.5 Å². The first-order valence-corrected chi connectivity index (χ1v) is 8.45. The topological polar surface area (TPSA) is 67.0 Å². The summed E-state index contributed by atoms with van der Waals surface area (Å²) in [6.07, 6.45) is 0.312. The molecule has 2 aromatic carbocycles. The smallest absolute Gasteiger partial charge is 0.228 e. The second-order valence-electron chi connectivity index (χ2n) is 5.07. The van der Waals surface area contributed by atoms with E-state index < -0.39 is 0 Å². The van der Waals surface area contributed by atoms with E-state index in [0.29, 0.717) is 10.4 Å². The largest absolute Gasteiger partial charge is 0.497 e. The van der Waals surface area contributed by atoms with Gasteiger partial charge >= 0.3 is 0 Å². The molecule has 122 valence electrons. The molecule has 0 atom stereocenters. The quantitative estimate of drug-likeness (QED) is 0.676. The van der Waals surface area contributed by atoms with Crippen molar-refractivity contribution in [1.82, 2.24) is 10.2 Å². The van der Waals surface area contributed by atoms with Gasteiger partial charge in [-0.1, -0.05) is 23.5 Å². The van der Waals surface area contributed by atoms with E-state index in [0.717, 1.165) is 27.6 Å². The van der Waals surface area contributed by atoms with Gasteiger partial charge in [0.25, 0.3) is 0 Å². The Kier molecular flexibility index (Phi) is 5.02. The molecule has 0 unspecified atom stereocenters. The van der Waals surface area contributed by atoms with Crippen molar-refractivity contribution in [3.63, 3.8) is 0 Å². The van der Waals surface area contributed by atoms with Gasteiger partial charge in [0, 0.05) is 11.3 Å². The first-order chi connectivity index (χ1) is 11.6. The number of benzene rings is 2. The fourth-order valence-electron chi connectivity index (χ4n) is 2.18. The standard InChI is InChI=1S/C17H15N3O2S2/c1-22-14-8-2-11(3-9-14)10-15(21)18-13-6-4-12(5-7-13)16-19-20-17(23)24-16/h2-9H,10H2,1H3,(H,18,21)(H,20,23). The van der Waals surface area contributed by atoms with Crippen LogP contribution in [0.1, 0.15) is 5.56 Å². The maximum Gasteiger partial charge on any atom is 0.228 e. The van der Waals surface area contributed by atoms with Crippen molar-refractivity contribution < 1.29 is 9.53 Å². The molecule has 1 aromatic heterocycles. The number of aromatic nitrogens is 2. The molecular weight excluding hydrogens is 342 g/mol. The van der Waals surface area contributed by atoms with Crippen molar-refractivity contribution in [2.45, 2.75) is 6.42 Å². The molecule has 0 saturated carbocycles. The summed E-state index contributed by atoms with van der Waals surface area (Å²) in [5.41, 5.74) is 2.64. The van der Waals surface area contributed by atoms with E-state index in [4.69, 9.17) is 17.0 Å². The Bertz CT molecular complexity index is 883. The monoisotopic (exact) mass is 357 g/mol. The van der Waals surface area contributed by atoms with Crippen LogP contribution in [-0.2, 0) is 11.2 Å². The van der Waals surface area contributed by atoms with Crippen LogP contribution in [0.4, 0.5) is 5.69 Å². The summed E-state index contributed by atoms with van der Waals surface area (Å²) in [5, 5.41) is 10.6. The van der Waals surface area contributed by atoms with E-state index in [-0.39, 0.29) is 5.91 Å². The molecule has 24 heavy (non-hydrogen) atoms. The van der Waals surface area contributed by atoms with Crippen molar-refractivity contribution in [2.24, 2.45) is 0 Å². The fourth-order valence-corrected chi connectivity index (χ4v) is 3.08. The summed E-state index contributed by atoms with van der Waals surface area (Å²) in [6, 6.07) is 15.0. The van der Waals surface area contributed by atoms with Crippen molar-refractivity contribution in [2.75, 3.05) is 12.4 Å². The summed E-state index contributed by atoms with van der Waals surface area (Å²) in [5.74, 6) is 0.708. The maximum absolute atomic E-state index is 12.1. The van der Waals surface area contributed by atoms with Crippen LogP contribution in [0.3, 0.4) is 0 Å². The van der Waals surface area contributed by atoms with E-state index in [9.17, 15) is 4.79 Å². The van der Waals surface area contributed by atoms with Gasteiger partial charge in [-0.2, -0.15) is 5.10 Å². The van der Waals surface area contributed by atoms with Crippen LogP contribution < -0.4 is 10.1 Å². The Balaban J connectivity index is 1.62. The molecule has 0 radical (unpaired) electrons. The Morgan fingerprint density at radius 3 is 2.50 bits per heavy atom. The average molecular weight is 357 g/mol. The zero-order chi connectivity index (χ0) is 16.9. The molecule has 3 rings (SSSR count). The number of rotatable bonds is 5. The number of hydrogen-bond donors (Lipinski definition) is 2. The van der Waals surface area contributed by atoms with Gasteiger partial charge < -0.3 is 10.1 Å². The van der Waals surface area contributed by atoms with Crippen LogP contribution in [-0.4, -0.2) is 23.2 Å². The number of nitrogens with zero attached hydrogens (tertiary/aromatic N) is 1. The zero-order valence-corrected chi connectivity index (χ0v) is 14.5. The van der Waals surface area contributed by atoms with E-state index in [1.54, 1.807) is 7.11 Å². The first-order valence-electron chi connectivity index (χ1n) is 7.23. The Labute approximate surface area is 148 Å². The van der Waals surface area contributed by atoms with Gasteiger partial charge in [0.05, 0.1) is 13.5 Å². The van der Waals surface area contributed by atoms with Crippen molar-refractivity contribution in [3.05, 3.63) is 58.0 Å². The molecule has 5 nitrogen and oxygen atoms in total. The minimum Gasteiger partial charge on any atom is -0.497 e. The number of amides is 1. The number of hydrogen-bond acceptors (Lipinski definition) is 5. The third-order valence-corrected chi connectivity index (χ3v) is 4.52. The van der Waals surface area contributed by atoms with Crippen LogP contribution >= 0.6 is 23.6 Å². The minimum absolute atomic E-state index is 0.0663. The molecule has 0 aliphatic rings. The third-order valence-electron chi connectivity index (χ3n) is 3.38. The van der Waals surface area contributed by atoms with Crippen molar-refractivity contribution in [3.8, 4) is 16.3 Å². The number of ether oxygens (including phenoxy) is 1. The lowest BCUT2D eigenvalue weighted by molar-refractivity contribution is -0.115. The van der Waals surface area contributed by atoms with Gasteiger partial charge in [-0.3, -0.25) is 9.89 Å². The van der Waals surface area contributed by atoms with Gasteiger partial charge in [0.15, 0.2) is 3.95 Å². The van der Waals surface area contributed by atoms with Crippen LogP contribution in [0.15, 0.2) is 48.5 Å². The Morgan fingerprint density at radius 2 is 1.92 bits per heavy atom. The SMILES string of the molecule is COc1ccc(CC(=O)Nc2ccc(-c3n[nH]c(=S)s3)cc2)cc1.